The maximum Gasteiger partial charge on any atom is 0.107 e. The third-order valence-electron chi connectivity index (χ3n) is 2.62. The molecule has 3 heteroatoms. The van der Waals surface area contributed by atoms with Gasteiger partial charge in [-0.05, 0) is 37.4 Å². The van der Waals surface area contributed by atoms with Crippen molar-refractivity contribution in [1.82, 2.24) is 5.32 Å². The van der Waals surface area contributed by atoms with Crippen molar-refractivity contribution in [3.8, 4) is 0 Å². The lowest BCUT2D eigenvalue weighted by atomic mass is 10.0. The van der Waals surface area contributed by atoms with Gasteiger partial charge in [0.2, 0.25) is 0 Å². The first-order valence-corrected chi connectivity index (χ1v) is 5.56. The summed E-state index contributed by atoms with van der Waals surface area (Å²) >= 11 is 1.81. The molecule has 1 aromatic heterocycles. The van der Waals surface area contributed by atoms with Crippen molar-refractivity contribution < 1.29 is 6.16 Å². The Labute approximate surface area is 84.4 Å². The van der Waals surface area contributed by atoms with Crippen molar-refractivity contribution >= 4 is 11.3 Å². The van der Waals surface area contributed by atoms with E-state index in [0.29, 0.717) is 6.04 Å². The third kappa shape index (κ3) is 1.64. The highest BCUT2D eigenvalue weighted by Gasteiger charge is 2.26. The quantitative estimate of drug-likeness (QED) is 0.788. The molecule has 0 amide bonds. The first kappa shape index (κ1) is 9.19. The zero-order valence-electron chi connectivity index (χ0n) is 8.04. The summed E-state index contributed by atoms with van der Waals surface area (Å²) in [5.41, 5.74) is 1.48. The lowest BCUT2D eigenvalue weighted by Gasteiger charge is -2.27. The molecular weight excluding hydrogens is 182 g/mol. The highest BCUT2D eigenvalue weighted by Crippen LogP contribution is 2.33. The van der Waals surface area contributed by atoms with E-state index < -0.39 is 0 Å². The summed E-state index contributed by atoms with van der Waals surface area (Å²) in [6.07, 6.45) is 1.33. The monoisotopic (exact) mass is 199 g/mol. The second kappa shape index (κ2) is 3.78. The van der Waals surface area contributed by atoms with Crippen LogP contribution in [0.15, 0.2) is 11.4 Å². The van der Waals surface area contributed by atoms with Gasteiger partial charge in [0.25, 0.3) is 0 Å². The normalized spacial score (nSPS) is 24.0. The van der Waals surface area contributed by atoms with Crippen LogP contribution in [0.5, 0.6) is 0 Å². The van der Waals surface area contributed by atoms with Crippen LogP contribution in [0.4, 0.5) is 0 Å². The molecule has 2 nitrogen and oxygen atoms in total. The second-order valence-electron chi connectivity index (χ2n) is 3.43. The zero-order chi connectivity index (χ0) is 9.26. The van der Waals surface area contributed by atoms with Crippen LogP contribution in [0.2, 0.25) is 0 Å². The predicted octanol–water partition coefficient (Wildman–Crippen LogP) is 2.22. The van der Waals surface area contributed by atoms with Gasteiger partial charge in [-0.25, -0.2) is 0 Å². The molecule has 74 valence electrons. The van der Waals surface area contributed by atoms with E-state index in [-0.39, 0.29) is 7.53 Å². The molecular formula is C10H17NOS. The first-order valence-electron chi connectivity index (χ1n) is 4.68. The smallest absolute Gasteiger partial charge is 0.107 e. The number of rotatable bonds is 2. The summed E-state index contributed by atoms with van der Waals surface area (Å²) in [5, 5.41) is 5.41. The zero-order valence-corrected chi connectivity index (χ0v) is 8.86. The van der Waals surface area contributed by atoms with E-state index in [1.165, 1.54) is 10.4 Å². The van der Waals surface area contributed by atoms with Gasteiger partial charge in [-0.15, -0.1) is 11.3 Å². The van der Waals surface area contributed by atoms with Crippen molar-refractivity contribution in [3.63, 3.8) is 0 Å². The SMILES string of the molecule is CN[C@H](C)[C@H]1OCCc2ccsc21.[HH]. The van der Waals surface area contributed by atoms with Crippen LogP contribution >= 0.6 is 11.3 Å². The average molecular weight is 199 g/mol. The molecule has 1 N–H and O–H groups in total. The second-order valence-corrected chi connectivity index (χ2v) is 4.38. The van der Waals surface area contributed by atoms with Gasteiger partial charge in [-0.2, -0.15) is 0 Å². The summed E-state index contributed by atoms with van der Waals surface area (Å²) in [6.45, 7) is 3.03. The Bertz CT molecular complexity index is 289. The summed E-state index contributed by atoms with van der Waals surface area (Å²) in [6, 6.07) is 2.62. The lowest BCUT2D eigenvalue weighted by molar-refractivity contribution is 0.0245. The standard InChI is InChI=1S/C10H15NOS.H2/c1-7(11-2)9-10-8(3-5-12-9)4-6-13-10;/h4,6-7,9,11H,3,5H2,1-2H3;1H/t7-,9-;/m1./s1. The van der Waals surface area contributed by atoms with Crippen molar-refractivity contribution in [3.05, 3.63) is 21.9 Å². The fourth-order valence-corrected chi connectivity index (χ4v) is 2.80. The summed E-state index contributed by atoms with van der Waals surface area (Å²) in [5.74, 6) is 0. The third-order valence-corrected chi connectivity index (χ3v) is 3.64. The van der Waals surface area contributed by atoms with Crippen molar-refractivity contribution in [2.24, 2.45) is 0 Å². The molecule has 0 fully saturated rings. The molecule has 2 rings (SSSR count). The van der Waals surface area contributed by atoms with Crippen LogP contribution in [-0.2, 0) is 11.2 Å². The van der Waals surface area contributed by atoms with E-state index in [9.17, 15) is 0 Å². The molecule has 13 heavy (non-hydrogen) atoms. The van der Waals surface area contributed by atoms with Crippen molar-refractivity contribution in [2.75, 3.05) is 13.7 Å². The van der Waals surface area contributed by atoms with Crippen LogP contribution < -0.4 is 5.32 Å². The molecule has 0 saturated heterocycles. The van der Waals surface area contributed by atoms with Gasteiger partial charge in [-0.1, -0.05) is 0 Å². The summed E-state index contributed by atoms with van der Waals surface area (Å²) in [4.78, 5) is 1.41. The van der Waals surface area contributed by atoms with E-state index in [2.05, 4.69) is 23.7 Å². The molecule has 0 aliphatic carbocycles. The number of ether oxygens (including phenoxy) is 1. The number of nitrogens with one attached hydrogen (secondary N) is 1. The Morgan fingerprint density at radius 1 is 1.77 bits per heavy atom. The van der Waals surface area contributed by atoms with Gasteiger partial charge in [0.1, 0.15) is 6.10 Å². The van der Waals surface area contributed by atoms with Gasteiger partial charge in [0, 0.05) is 12.3 Å². The minimum Gasteiger partial charge on any atom is -0.371 e. The molecule has 0 unspecified atom stereocenters. The number of hydrogen-bond donors (Lipinski definition) is 1. The molecule has 2 heterocycles. The Balaban J connectivity index is 0.000000980. The Morgan fingerprint density at radius 3 is 3.38 bits per heavy atom. The van der Waals surface area contributed by atoms with Crippen LogP contribution in [0.3, 0.4) is 0 Å². The van der Waals surface area contributed by atoms with Crippen molar-refractivity contribution in [2.45, 2.75) is 25.5 Å². The number of hydrogen-bond acceptors (Lipinski definition) is 3. The van der Waals surface area contributed by atoms with Crippen LogP contribution in [-0.4, -0.2) is 19.7 Å². The van der Waals surface area contributed by atoms with Crippen LogP contribution in [0.25, 0.3) is 0 Å². The Hall–Kier alpha value is -0.380. The highest BCUT2D eigenvalue weighted by atomic mass is 32.1. The molecule has 0 radical (unpaired) electrons. The van der Waals surface area contributed by atoms with Gasteiger partial charge in [-0.3, -0.25) is 0 Å². The molecule has 0 saturated carbocycles. The predicted molar refractivity (Wildman–Crippen MR) is 57.4 cm³/mol. The fourth-order valence-electron chi connectivity index (χ4n) is 1.70. The van der Waals surface area contributed by atoms with Gasteiger partial charge in [0.15, 0.2) is 0 Å². The largest absolute Gasteiger partial charge is 0.371 e. The van der Waals surface area contributed by atoms with Crippen molar-refractivity contribution in [1.29, 1.82) is 0 Å². The number of thiophene rings is 1. The topological polar surface area (TPSA) is 21.3 Å². The van der Waals surface area contributed by atoms with E-state index in [4.69, 9.17) is 4.74 Å². The van der Waals surface area contributed by atoms with Gasteiger partial charge >= 0.3 is 0 Å². The Morgan fingerprint density at radius 2 is 2.62 bits per heavy atom. The fraction of sp³-hybridized carbons (Fsp3) is 0.600. The maximum absolute atomic E-state index is 5.76. The number of fused-ring (bicyclic) bond motifs is 1. The van der Waals surface area contributed by atoms with E-state index in [0.717, 1.165) is 13.0 Å². The highest BCUT2D eigenvalue weighted by molar-refractivity contribution is 7.10. The summed E-state index contributed by atoms with van der Waals surface area (Å²) < 4.78 is 5.76. The van der Waals surface area contributed by atoms with E-state index in [1.807, 2.05) is 18.4 Å². The lowest BCUT2D eigenvalue weighted by Crippen LogP contribution is -2.32. The van der Waals surface area contributed by atoms with Crippen LogP contribution in [0.1, 0.15) is 24.9 Å². The molecule has 0 bridgehead atoms. The molecule has 1 aliphatic heterocycles. The molecule has 0 aromatic carbocycles. The first-order chi connectivity index (χ1) is 6.33. The number of likely N-dealkylation sites (N-methyl/N-ethyl adjacent to an activating group) is 1. The molecule has 2 atom stereocenters. The Kier molecular flexibility index (Phi) is 2.67. The maximum atomic E-state index is 5.76. The van der Waals surface area contributed by atoms with E-state index >= 15 is 0 Å². The minimum atomic E-state index is 0. The van der Waals surface area contributed by atoms with Gasteiger partial charge in [0.05, 0.1) is 6.61 Å². The summed E-state index contributed by atoms with van der Waals surface area (Å²) in [7, 11) is 1.98. The van der Waals surface area contributed by atoms with Crippen LogP contribution in [0, 0.1) is 0 Å². The molecule has 1 aliphatic rings. The van der Waals surface area contributed by atoms with E-state index in [1.54, 1.807) is 0 Å². The minimum absolute atomic E-state index is 0. The average Bonchev–Trinajstić information content (AvgIpc) is 2.63. The molecule has 1 aromatic rings. The molecule has 0 spiro atoms. The van der Waals surface area contributed by atoms with Gasteiger partial charge < -0.3 is 10.1 Å².